The Morgan fingerprint density at radius 1 is 1.12 bits per heavy atom. The number of rotatable bonds is 6. The van der Waals surface area contributed by atoms with Crippen LogP contribution in [0.25, 0.3) is 0 Å². The summed E-state index contributed by atoms with van der Waals surface area (Å²) >= 11 is 0. The molecule has 0 N–H and O–H groups in total. The number of aryl methyl sites for hydroxylation is 1. The third-order valence-corrected chi connectivity index (χ3v) is 5.92. The normalized spacial score (nSPS) is 22.5. The molecule has 0 bridgehead atoms. The predicted molar refractivity (Wildman–Crippen MR) is 103 cm³/mol. The molecular weight excluding hydrogens is 329 g/mol. The van der Waals surface area contributed by atoms with Crippen LogP contribution in [0.15, 0.2) is 24.3 Å². The van der Waals surface area contributed by atoms with Crippen molar-refractivity contribution in [3.8, 4) is 0 Å². The molecule has 1 atom stereocenters. The van der Waals surface area contributed by atoms with Crippen molar-refractivity contribution in [2.24, 2.45) is 5.92 Å². The average molecular weight is 362 g/mol. The third-order valence-electron chi connectivity index (χ3n) is 5.92. The fourth-order valence-electron chi connectivity index (χ4n) is 4.14. The molecule has 2 fully saturated rings. The first-order valence-corrected chi connectivity index (χ1v) is 10.1. The van der Waals surface area contributed by atoms with Crippen molar-refractivity contribution in [1.29, 1.82) is 0 Å². The molecule has 0 unspecified atom stereocenters. The first-order valence-electron chi connectivity index (χ1n) is 10.1. The molecule has 2 saturated heterocycles. The Balaban J connectivity index is 1.44. The number of carbonyl (C=O) groups is 1. The number of halogens is 1. The smallest absolute Gasteiger partial charge is 0.236 e. The Kier molecular flexibility index (Phi) is 7.03. The van der Waals surface area contributed by atoms with Gasteiger partial charge in [0.15, 0.2) is 0 Å². The Hall–Kier alpha value is -1.46. The highest BCUT2D eigenvalue weighted by Gasteiger charge is 2.26. The summed E-state index contributed by atoms with van der Waals surface area (Å²) in [5, 5.41) is 0. The van der Waals surface area contributed by atoms with Gasteiger partial charge in [0.05, 0.1) is 6.54 Å². The van der Waals surface area contributed by atoms with Crippen LogP contribution in [0.5, 0.6) is 0 Å². The maximum absolute atomic E-state index is 13.8. The van der Waals surface area contributed by atoms with Crippen molar-refractivity contribution < 1.29 is 9.18 Å². The number of likely N-dealkylation sites (tertiary alicyclic amines) is 1. The molecule has 3 rings (SSSR count). The highest BCUT2D eigenvalue weighted by atomic mass is 19.1. The van der Waals surface area contributed by atoms with Crippen LogP contribution < -0.4 is 0 Å². The number of benzene rings is 1. The van der Waals surface area contributed by atoms with Crippen LogP contribution in [0.2, 0.25) is 0 Å². The van der Waals surface area contributed by atoms with Crippen molar-refractivity contribution in [3.63, 3.8) is 0 Å². The van der Waals surface area contributed by atoms with E-state index in [1.54, 1.807) is 6.07 Å². The fourth-order valence-corrected chi connectivity index (χ4v) is 4.14. The molecule has 0 aliphatic carbocycles. The van der Waals surface area contributed by atoms with Crippen LogP contribution in [0.1, 0.15) is 31.7 Å². The van der Waals surface area contributed by atoms with Crippen molar-refractivity contribution in [3.05, 3.63) is 35.6 Å². The number of carbonyl (C=O) groups excluding carboxylic acids is 1. The molecule has 2 aliphatic heterocycles. The van der Waals surface area contributed by atoms with Crippen LogP contribution >= 0.6 is 0 Å². The molecule has 0 saturated carbocycles. The molecule has 1 aromatic rings. The topological polar surface area (TPSA) is 26.8 Å². The van der Waals surface area contributed by atoms with E-state index in [1.165, 1.54) is 6.07 Å². The number of piperazine rings is 1. The lowest BCUT2D eigenvalue weighted by atomic mass is 9.91. The van der Waals surface area contributed by atoms with E-state index in [4.69, 9.17) is 0 Å². The maximum Gasteiger partial charge on any atom is 0.236 e. The van der Waals surface area contributed by atoms with Gasteiger partial charge in [0.1, 0.15) is 5.82 Å². The quantitative estimate of drug-likeness (QED) is 0.779. The molecule has 0 aromatic heterocycles. The molecule has 144 valence electrons. The van der Waals surface area contributed by atoms with Gasteiger partial charge in [-0.1, -0.05) is 25.1 Å². The van der Waals surface area contributed by atoms with Gasteiger partial charge in [-0.3, -0.25) is 9.69 Å². The predicted octanol–water partition coefficient (Wildman–Crippen LogP) is 2.63. The average Bonchev–Trinajstić information content (AvgIpc) is 2.68. The van der Waals surface area contributed by atoms with Crippen LogP contribution in [-0.4, -0.2) is 73.0 Å². The molecule has 1 aromatic carbocycles. The zero-order valence-corrected chi connectivity index (χ0v) is 16.0. The van der Waals surface area contributed by atoms with Crippen LogP contribution in [0, 0.1) is 11.7 Å². The fraction of sp³-hybridized carbons (Fsp3) is 0.667. The molecule has 0 radical (unpaired) electrons. The second kappa shape index (κ2) is 9.47. The summed E-state index contributed by atoms with van der Waals surface area (Å²) in [4.78, 5) is 19.5. The van der Waals surface area contributed by atoms with E-state index in [9.17, 15) is 9.18 Å². The van der Waals surface area contributed by atoms with Gasteiger partial charge in [0.2, 0.25) is 5.91 Å². The van der Waals surface area contributed by atoms with Gasteiger partial charge in [-0.2, -0.15) is 0 Å². The zero-order valence-electron chi connectivity index (χ0n) is 16.0. The van der Waals surface area contributed by atoms with E-state index >= 15 is 0 Å². The van der Waals surface area contributed by atoms with Gasteiger partial charge in [0, 0.05) is 39.3 Å². The van der Waals surface area contributed by atoms with Crippen molar-refractivity contribution in [1.82, 2.24) is 14.7 Å². The number of amides is 1. The van der Waals surface area contributed by atoms with Crippen molar-refractivity contribution >= 4 is 5.91 Å². The molecule has 1 amide bonds. The van der Waals surface area contributed by atoms with Gasteiger partial charge >= 0.3 is 0 Å². The zero-order chi connectivity index (χ0) is 18.4. The highest BCUT2D eigenvalue weighted by Crippen LogP contribution is 2.22. The number of hydrogen-bond donors (Lipinski definition) is 0. The Bertz CT molecular complexity index is 586. The number of hydrogen-bond acceptors (Lipinski definition) is 3. The molecule has 0 spiro atoms. The summed E-state index contributed by atoms with van der Waals surface area (Å²) in [6.07, 6.45) is 3.93. The molecule has 5 heteroatoms. The van der Waals surface area contributed by atoms with Crippen LogP contribution in [-0.2, 0) is 11.2 Å². The van der Waals surface area contributed by atoms with E-state index in [2.05, 4.69) is 16.7 Å². The summed E-state index contributed by atoms with van der Waals surface area (Å²) in [7, 11) is 0. The first-order chi connectivity index (χ1) is 12.7. The minimum absolute atomic E-state index is 0.109. The molecule has 26 heavy (non-hydrogen) atoms. The summed E-state index contributed by atoms with van der Waals surface area (Å²) in [5.74, 6) is 0.650. The standard InChI is InChI=1S/C21H32FN3O/c1-2-23-12-14-24(15-13-23)17-21(26)25-11-5-6-18(16-25)9-10-19-7-3-4-8-20(19)22/h3-4,7-8,18H,2,5-6,9-17H2,1H3/t18-/m1/s1. The Morgan fingerprint density at radius 2 is 1.85 bits per heavy atom. The SMILES string of the molecule is CCN1CCN(CC(=O)N2CCC[C@H](CCc3ccccc3F)C2)CC1. The second-order valence-corrected chi connectivity index (χ2v) is 7.69. The van der Waals surface area contributed by atoms with Gasteiger partial charge in [-0.25, -0.2) is 4.39 Å². The minimum Gasteiger partial charge on any atom is -0.341 e. The summed E-state index contributed by atoms with van der Waals surface area (Å²) < 4.78 is 13.8. The molecular formula is C21H32FN3O. The van der Waals surface area contributed by atoms with Gasteiger partial charge < -0.3 is 9.80 Å². The summed E-state index contributed by atoms with van der Waals surface area (Å²) in [6, 6.07) is 7.04. The van der Waals surface area contributed by atoms with E-state index in [1.807, 2.05) is 17.0 Å². The first kappa shape index (κ1) is 19.3. The van der Waals surface area contributed by atoms with Crippen LogP contribution in [0.4, 0.5) is 4.39 Å². The third kappa shape index (κ3) is 5.27. The van der Waals surface area contributed by atoms with Gasteiger partial charge in [-0.15, -0.1) is 0 Å². The lowest BCUT2D eigenvalue weighted by molar-refractivity contribution is -0.134. The van der Waals surface area contributed by atoms with E-state index in [0.29, 0.717) is 12.5 Å². The number of nitrogens with zero attached hydrogens (tertiary/aromatic N) is 3. The van der Waals surface area contributed by atoms with E-state index in [-0.39, 0.29) is 11.7 Å². The molecule has 2 aliphatic rings. The molecule has 2 heterocycles. The number of likely N-dealkylation sites (N-methyl/N-ethyl adjacent to an activating group) is 1. The largest absolute Gasteiger partial charge is 0.341 e. The second-order valence-electron chi connectivity index (χ2n) is 7.69. The number of piperidine rings is 1. The Morgan fingerprint density at radius 3 is 2.58 bits per heavy atom. The lowest BCUT2D eigenvalue weighted by Crippen LogP contribution is -2.51. The summed E-state index contributed by atoms with van der Waals surface area (Å²) in [6.45, 7) is 9.66. The Labute approximate surface area is 157 Å². The molecule has 4 nitrogen and oxygen atoms in total. The van der Waals surface area contributed by atoms with Crippen molar-refractivity contribution in [2.75, 3.05) is 52.4 Å². The van der Waals surface area contributed by atoms with Crippen LogP contribution in [0.3, 0.4) is 0 Å². The highest BCUT2D eigenvalue weighted by molar-refractivity contribution is 5.78. The van der Waals surface area contributed by atoms with Crippen molar-refractivity contribution in [2.45, 2.75) is 32.6 Å². The summed E-state index contributed by atoms with van der Waals surface area (Å²) in [5.41, 5.74) is 0.796. The lowest BCUT2D eigenvalue weighted by Gasteiger charge is -2.37. The minimum atomic E-state index is -0.109. The van der Waals surface area contributed by atoms with E-state index in [0.717, 1.165) is 77.1 Å². The monoisotopic (exact) mass is 361 g/mol. The van der Waals surface area contributed by atoms with Gasteiger partial charge in [-0.05, 0) is 49.8 Å². The maximum atomic E-state index is 13.8. The van der Waals surface area contributed by atoms with Gasteiger partial charge in [0.25, 0.3) is 0 Å². The van der Waals surface area contributed by atoms with E-state index < -0.39 is 0 Å².